The molecule has 2 aliphatic rings. The molecule has 0 saturated heterocycles. The van der Waals surface area contributed by atoms with Gasteiger partial charge in [0.15, 0.2) is 5.82 Å². The maximum atomic E-state index is 5.56. The van der Waals surface area contributed by atoms with E-state index in [1.165, 1.54) is 0 Å². The highest BCUT2D eigenvalue weighted by Crippen LogP contribution is 2.39. The van der Waals surface area contributed by atoms with Crippen molar-refractivity contribution >= 4 is 34.3 Å². The van der Waals surface area contributed by atoms with Gasteiger partial charge >= 0.3 is 0 Å². The van der Waals surface area contributed by atoms with Crippen molar-refractivity contribution in [1.82, 2.24) is 10.2 Å². The normalized spacial score (nSPS) is 21.3. The van der Waals surface area contributed by atoms with Gasteiger partial charge in [-0.05, 0) is 36.6 Å². The minimum atomic E-state index is 0.147. The average molecular weight is 413 g/mol. The van der Waals surface area contributed by atoms with Crippen LogP contribution in [0.1, 0.15) is 13.3 Å². The molecule has 0 N–H and O–H groups in total. The topological polar surface area (TPSA) is 72.2 Å². The number of allylic oxidation sites excluding steroid dienone is 1. The molecule has 7 nitrogen and oxygen atoms in total. The summed E-state index contributed by atoms with van der Waals surface area (Å²) in [6.45, 7) is 2.22. The first-order chi connectivity index (χ1) is 15.2. The van der Waals surface area contributed by atoms with E-state index in [1.54, 1.807) is 14.2 Å². The molecule has 0 radical (unpaired) electrons. The van der Waals surface area contributed by atoms with E-state index in [1.807, 2.05) is 48.8 Å². The van der Waals surface area contributed by atoms with Gasteiger partial charge in [0.25, 0.3) is 0 Å². The number of aromatic nitrogens is 2. The number of rotatable bonds is 4. The zero-order valence-corrected chi connectivity index (χ0v) is 17.7. The van der Waals surface area contributed by atoms with Crippen molar-refractivity contribution in [2.24, 2.45) is 15.9 Å². The van der Waals surface area contributed by atoms with Gasteiger partial charge in [0.05, 0.1) is 38.0 Å². The van der Waals surface area contributed by atoms with Crippen molar-refractivity contribution in [3.63, 3.8) is 0 Å². The monoisotopic (exact) mass is 413 g/mol. The van der Waals surface area contributed by atoms with E-state index in [0.717, 1.165) is 40.0 Å². The van der Waals surface area contributed by atoms with Crippen LogP contribution in [0.15, 0.2) is 70.3 Å². The first kappa shape index (κ1) is 19.2. The molecule has 1 aromatic heterocycles. The van der Waals surface area contributed by atoms with Crippen LogP contribution in [0.3, 0.4) is 0 Å². The van der Waals surface area contributed by atoms with Crippen LogP contribution in [-0.4, -0.2) is 42.5 Å². The number of hydrogen-bond acceptors (Lipinski definition) is 7. The lowest BCUT2D eigenvalue weighted by molar-refractivity contribution is 0.398. The Balaban J connectivity index is 1.52. The fourth-order valence-electron chi connectivity index (χ4n) is 4.35. The quantitative estimate of drug-likeness (QED) is 0.627. The first-order valence-electron chi connectivity index (χ1n) is 10.2. The van der Waals surface area contributed by atoms with Crippen LogP contribution in [0.4, 0.5) is 11.5 Å². The summed E-state index contributed by atoms with van der Waals surface area (Å²) in [7, 11) is 3.29. The van der Waals surface area contributed by atoms with Crippen molar-refractivity contribution in [3.05, 3.63) is 60.3 Å². The average Bonchev–Trinajstić information content (AvgIpc) is 3.23. The number of para-hydroxylation sites is 2. The van der Waals surface area contributed by atoms with Crippen LogP contribution in [0, 0.1) is 5.92 Å². The molecule has 1 aliphatic carbocycles. The molecule has 31 heavy (non-hydrogen) atoms. The SMILES string of the molecule is COc1ccccc1N1C=NC2=CC(=Nc3nnc(OC)c4ccccc34)CC(C)C21. The maximum absolute atomic E-state index is 5.56. The Kier molecular flexibility index (Phi) is 4.86. The highest BCUT2D eigenvalue weighted by atomic mass is 16.5. The maximum Gasteiger partial charge on any atom is 0.241 e. The summed E-state index contributed by atoms with van der Waals surface area (Å²) < 4.78 is 10.9. The second-order valence-corrected chi connectivity index (χ2v) is 7.70. The third kappa shape index (κ3) is 3.32. The molecule has 0 fully saturated rings. The van der Waals surface area contributed by atoms with E-state index >= 15 is 0 Å². The van der Waals surface area contributed by atoms with Crippen molar-refractivity contribution < 1.29 is 9.47 Å². The number of benzene rings is 2. The summed E-state index contributed by atoms with van der Waals surface area (Å²) >= 11 is 0. The van der Waals surface area contributed by atoms with E-state index in [0.29, 0.717) is 17.6 Å². The predicted molar refractivity (Wildman–Crippen MR) is 123 cm³/mol. The van der Waals surface area contributed by atoms with Crippen LogP contribution in [0.2, 0.25) is 0 Å². The first-order valence-corrected chi connectivity index (χ1v) is 10.2. The number of methoxy groups -OCH3 is 2. The van der Waals surface area contributed by atoms with Crippen molar-refractivity contribution in [2.75, 3.05) is 19.1 Å². The van der Waals surface area contributed by atoms with Crippen LogP contribution < -0.4 is 14.4 Å². The molecule has 0 bridgehead atoms. The third-order valence-electron chi connectivity index (χ3n) is 5.76. The predicted octanol–water partition coefficient (Wildman–Crippen LogP) is 4.56. The minimum Gasteiger partial charge on any atom is -0.495 e. The molecule has 2 aromatic carbocycles. The number of anilines is 1. The molecule has 5 rings (SSSR count). The van der Waals surface area contributed by atoms with Gasteiger partial charge in [-0.15, -0.1) is 10.2 Å². The summed E-state index contributed by atoms with van der Waals surface area (Å²) in [6.07, 6.45) is 4.76. The summed E-state index contributed by atoms with van der Waals surface area (Å²) in [5.74, 6) is 2.24. The molecular formula is C24H23N5O2. The van der Waals surface area contributed by atoms with Gasteiger partial charge in [-0.1, -0.05) is 37.3 Å². The van der Waals surface area contributed by atoms with E-state index in [-0.39, 0.29) is 6.04 Å². The molecular weight excluding hydrogens is 390 g/mol. The van der Waals surface area contributed by atoms with Gasteiger partial charge in [0.2, 0.25) is 5.88 Å². The van der Waals surface area contributed by atoms with Crippen molar-refractivity contribution in [1.29, 1.82) is 0 Å². The minimum absolute atomic E-state index is 0.147. The molecule has 0 saturated carbocycles. The number of aliphatic imine (C=N–C) groups is 2. The summed E-state index contributed by atoms with van der Waals surface area (Å²) in [6, 6.07) is 16.1. The van der Waals surface area contributed by atoms with Crippen LogP contribution in [-0.2, 0) is 0 Å². The largest absolute Gasteiger partial charge is 0.495 e. The lowest BCUT2D eigenvalue weighted by Crippen LogP contribution is -2.39. The molecule has 2 heterocycles. The van der Waals surface area contributed by atoms with Gasteiger partial charge in [-0.2, -0.15) is 0 Å². The number of fused-ring (bicyclic) bond motifs is 2. The molecule has 2 atom stereocenters. The Bertz CT molecular complexity index is 1230. The van der Waals surface area contributed by atoms with E-state index in [9.17, 15) is 0 Å². The molecule has 1 aliphatic heterocycles. The second-order valence-electron chi connectivity index (χ2n) is 7.70. The lowest BCUT2D eigenvalue weighted by atomic mass is 9.87. The van der Waals surface area contributed by atoms with Crippen LogP contribution in [0.5, 0.6) is 11.6 Å². The molecule has 3 aromatic rings. The third-order valence-corrected chi connectivity index (χ3v) is 5.76. The van der Waals surface area contributed by atoms with Gasteiger partial charge in [-0.3, -0.25) is 0 Å². The van der Waals surface area contributed by atoms with Gasteiger partial charge in [-0.25, -0.2) is 9.98 Å². The van der Waals surface area contributed by atoms with Gasteiger partial charge < -0.3 is 14.4 Å². The van der Waals surface area contributed by atoms with Crippen LogP contribution in [0.25, 0.3) is 10.8 Å². The Morgan fingerprint density at radius 3 is 2.55 bits per heavy atom. The molecule has 7 heteroatoms. The molecule has 2 unspecified atom stereocenters. The van der Waals surface area contributed by atoms with E-state index in [4.69, 9.17) is 19.5 Å². The standard InChI is InChI=1S/C24H23N5O2/c1-15-12-16(26-23-17-8-4-5-9-18(17)24(31-3)28-27-23)13-19-22(15)29(14-25-19)20-10-6-7-11-21(20)30-2/h4-11,13-15,22H,12H2,1-3H3. The van der Waals surface area contributed by atoms with E-state index < -0.39 is 0 Å². The summed E-state index contributed by atoms with van der Waals surface area (Å²) in [5.41, 5.74) is 2.96. The summed E-state index contributed by atoms with van der Waals surface area (Å²) in [5, 5.41) is 10.3. The fraction of sp³-hybridized carbons (Fsp3) is 0.250. The number of ether oxygens (including phenoxy) is 2. The molecule has 0 amide bonds. The summed E-state index contributed by atoms with van der Waals surface area (Å²) in [4.78, 5) is 11.7. The Morgan fingerprint density at radius 1 is 0.968 bits per heavy atom. The highest BCUT2D eigenvalue weighted by molar-refractivity contribution is 6.03. The van der Waals surface area contributed by atoms with Crippen molar-refractivity contribution in [2.45, 2.75) is 19.4 Å². The van der Waals surface area contributed by atoms with Crippen LogP contribution >= 0.6 is 0 Å². The highest BCUT2D eigenvalue weighted by Gasteiger charge is 2.36. The fourth-order valence-corrected chi connectivity index (χ4v) is 4.35. The Hall–Kier alpha value is -3.74. The Labute approximate surface area is 180 Å². The molecule has 156 valence electrons. The van der Waals surface area contributed by atoms with Gasteiger partial charge in [0.1, 0.15) is 5.75 Å². The second kappa shape index (κ2) is 7.83. The molecule has 0 spiro atoms. The van der Waals surface area contributed by atoms with Gasteiger partial charge in [0, 0.05) is 16.5 Å². The number of hydrogen-bond donors (Lipinski definition) is 0. The van der Waals surface area contributed by atoms with E-state index in [2.05, 4.69) is 34.2 Å². The smallest absolute Gasteiger partial charge is 0.241 e. The van der Waals surface area contributed by atoms with Crippen molar-refractivity contribution in [3.8, 4) is 11.6 Å². The number of nitrogens with zero attached hydrogens (tertiary/aromatic N) is 5. The zero-order valence-electron chi connectivity index (χ0n) is 17.7. The lowest BCUT2D eigenvalue weighted by Gasteiger charge is -2.33. The Morgan fingerprint density at radius 2 is 1.74 bits per heavy atom. The zero-order chi connectivity index (χ0) is 21.4.